The zero-order valence-corrected chi connectivity index (χ0v) is 13.9. The summed E-state index contributed by atoms with van der Waals surface area (Å²) in [6.45, 7) is 0. The van der Waals surface area contributed by atoms with Gasteiger partial charge in [-0.25, -0.2) is 9.59 Å². The Hall–Kier alpha value is -3.16. The van der Waals surface area contributed by atoms with Gasteiger partial charge in [-0.3, -0.25) is 9.80 Å². The van der Waals surface area contributed by atoms with Crippen LogP contribution in [0.1, 0.15) is 5.56 Å². The van der Waals surface area contributed by atoms with Gasteiger partial charge in [0.2, 0.25) is 0 Å². The van der Waals surface area contributed by atoms with Gasteiger partial charge < -0.3 is 13.9 Å². The Labute approximate surface area is 142 Å². The number of fused-ring (bicyclic) bond motifs is 1. The molecule has 8 nitrogen and oxygen atoms in total. The number of nitrogens with zero attached hydrogens (tertiary/aromatic N) is 2. The third-order valence-electron chi connectivity index (χ3n) is 4.10. The highest BCUT2D eigenvalue weighted by Crippen LogP contribution is 2.29. The van der Waals surface area contributed by atoms with E-state index in [0.717, 1.165) is 0 Å². The molecule has 130 valence electrons. The zero-order valence-electron chi connectivity index (χ0n) is 13.9. The van der Waals surface area contributed by atoms with Gasteiger partial charge in [-0.05, 0) is 6.07 Å². The molecule has 0 N–H and O–H groups in total. The van der Waals surface area contributed by atoms with Crippen molar-refractivity contribution in [1.82, 2.24) is 5.01 Å². The van der Waals surface area contributed by atoms with Crippen molar-refractivity contribution in [3.63, 3.8) is 0 Å². The van der Waals surface area contributed by atoms with E-state index in [1.807, 2.05) is 0 Å². The Morgan fingerprint density at radius 2 is 1.84 bits per heavy atom. The van der Waals surface area contributed by atoms with E-state index in [1.165, 1.54) is 25.3 Å². The number of rotatable bonds is 3. The van der Waals surface area contributed by atoms with Gasteiger partial charge in [-0.2, -0.15) is 5.10 Å². The van der Waals surface area contributed by atoms with Crippen LogP contribution >= 0.6 is 0 Å². The summed E-state index contributed by atoms with van der Waals surface area (Å²) < 4.78 is 14.8. The summed E-state index contributed by atoms with van der Waals surface area (Å²) in [6, 6.07) is 7.17. The second-order valence-electron chi connectivity index (χ2n) is 5.50. The highest BCUT2D eigenvalue weighted by Gasteiger charge is 2.47. The second kappa shape index (κ2) is 6.39. The van der Waals surface area contributed by atoms with Crippen LogP contribution in [-0.2, 0) is 19.1 Å². The van der Waals surface area contributed by atoms with Gasteiger partial charge in [0.1, 0.15) is 11.5 Å². The third kappa shape index (κ3) is 2.75. The van der Waals surface area contributed by atoms with E-state index in [0.29, 0.717) is 16.5 Å². The topological polar surface area (TPSA) is 98.4 Å². The summed E-state index contributed by atoms with van der Waals surface area (Å²) in [5.74, 6) is -2.28. The molecule has 0 bridgehead atoms. The van der Waals surface area contributed by atoms with Crippen LogP contribution in [0.25, 0.3) is 11.0 Å². The van der Waals surface area contributed by atoms with E-state index >= 15 is 0 Å². The number of benzene rings is 1. The number of hydrogen-bond acceptors (Lipinski definition) is 8. The summed E-state index contributed by atoms with van der Waals surface area (Å²) >= 11 is 0. The minimum atomic E-state index is -1.02. The van der Waals surface area contributed by atoms with E-state index in [1.54, 1.807) is 31.3 Å². The smallest absolute Gasteiger partial charge is 0.336 e. The van der Waals surface area contributed by atoms with Crippen LogP contribution in [0.15, 0.2) is 44.6 Å². The lowest BCUT2D eigenvalue weighted by Gasteiger charge is -2.21. The van der Waals surface area contributed by atoms with Gasteiger partial charge in [-0.1, -0.05) is 18.2 Å². The molecule has 0 aliphatic carbocycles. The van der Waals surface area contributed by atoms with Gasteiger partial charge in [0.05, 0.1) is 19.9 Å². The van der Waals surface area contributed by atoms with Crippen molar-refractivity contribution < 1.29 is 23.5 Å². The van der Waals surface area contributed by atoms with Crippen molar-refractivity contribution >= 4 is 28.6 Å². The van der Waals surface area contributed by atoms with Crippen LogP contribution in [0.4, 0.5) is 0 Å². The molecule has 0 radical (unpaired) electrons. The predicted octanol–water partition coefficient (Wildman–Crippen LogP) is 0.773. The quantitative estimate of drug-likeness (QED) is 0.599. The zero-order chi connectivity index (χ0) is 18.1. The first-order chi connectivity index (χ1) is 12.0. The number of likely N-dealkylation sites (N-methyl/N-ethyl adjacent to an activating group) is 1. The minimum absolute atomic E-state index is 0.258. The number of ether oxygens (including phenoxy) is 2. The van der Waals surface area contributed by atoms with Gasteiger partial charge in [-0.15, -0.1) is 0 Å². The molecule has 0 saturated carbocycles. The highest BCUT2D eigenvalue weighted by molar-refractivity contribution is 6.20. The van der Waals surface area contributed by atoms with Gasteiger partial charge in [0.25, 0.3) is 0 Å². The fourth-order valence-electron chi connectivity index (χ4n) is 2.98. The first-order valence-electron chi connectivity index (χ1n) is 7.48. The van der Waals surface area contributed by atoms with Crippen LogP contribution in [0.2, 0.25) is 0 Å². The molecular formula is C17H16N2O6. The lowest BCUT2D eigenvalue weighted by atomic mass is 9.90. The first kappa shape index (κ1) is 16.7. The molecule has 1 aromatic carbocycles. The summed E-state index contributed by atoms with van der Waals surface area (Å²) in [7, 11) is 4.01. The molecule has 0 unspecified atom stereocenters. The van der Waals surface area contributed by atoms with Gasteiger partial charge >= 0.3 is 17.6 Å². The summed E-state index contributed by atoms with van der Waals surface area (Å²) in [4.78, 5) is 36.4. The summed E-state index contributed by atoms with van der Waals surface area (Å²) in [5, 5.41) is 6.26. The van der Waals surface area contributed by atoms with E-state index in [2.05, 4.69) is 5.10 Å². The molecule has 1 aliphatic rings. The normalized spacial score (nSPS) is 19.6. The van der Waals surface area contributed by atoms with Gasteiger partial charge in [0.15, 0.2) is 6.04 Å². The van der Waals surface area contributed by atoms with Crippen LogP contribution in [0, 0.1) is 5.92 Å². The average molecular weight is 344 g/mol. The lowest BCUT2D eigenvalue weighted by Crippen LogP contribution is -2.43. The summed E-state index contributed by atoms with van der Waals surface area (Å²) in [6.07, 6.45) is 0. The van der Waals surface area contributed by atoms with Crippen LogP contribution in [0.3, 0.4) is 0 Å². The Balaban J connectivity index is 2.22. The maximum atomic E-state index is 12.4. The van der Waals surface area contributed by atoms with Crippen LogP contribution in [0.5, 0.6) is 0 Å². The number of carbonyl (C=O) groups excluding carboxylic acids is 2. The number of esters is 2. The molecule has 1 aliphatic heterocycles. The standard InChI is InChI=1S/C17H16N2O6/c1-19-15(17(22)24-3)13(16(21)23-2)14(18-19)10-8-12(20)25-11-7-5-4-6-9(10)11/h4-8,13,15H,1-3H3/t13-,15-/m0/s1. The van der Waals surface area contributed by atoms with Gasteiger partial charge in [0, 0.05) is 24.1 Å². The molecule has 3 rings (SSSR count). The number of hydrazone groups is 1. The van der Waals surface area contributed by atoms with Crippen LogP contribution < -0.4 is 5.63 Å². The maximum absolute atomic E-state index is 12.4. The van der Waals surface area contributed by atoms with Crippen molar-refractivity contribution in [3.05, 3.63) is 46.3 Å². The maximum Gasteiger partial charge on any atom is 0.336 e. The van der Waals surface area contributed by atoms with Crippen LogP contribution in [-0.4, -0.2) is 50.0 Å². The fraction of sp³-hybridized carbons (Fsp3) is 0.294. The Kier molecular flexibility index (Phi) is 4.26. The van der Waals surface area contributed by atoms with E-state index in [-0.39, 0.29) is 5.71 Å². The molecule has 0 fully saturated rings. The first-order valence-corrected chi connectivity index (χ1v) is 7.48. The fourth-order valence-corrected chi connectivity index (χ4v) is 2.98. The molecule has 2 atom stereocenters. The van der Waals surface area contributed by atoms with Crippen molar-refractivity contribution in [2.45, 2.75) is 6.04 Å². The minimum Gasteiger partial charge on any atom is -0.468 e. The van der Waals surface area contributed by atoms with E-state index < -0.39 is 29.5 Å². The lowest BCUT2D eigenvalue weighted by molar-refractivity contribution is -0.154. The third-order valence-corrected chi connectivity index (χ3v) is 4.10. The van der Waals surface area contributed by atoms with Crippen molar-refractivity contribution in [2.75, 3.05) is 21.3 Å². The van der Waals surface area contributed by atoms with Crippen molar-refractivity contribution in [1.29, 1.82) is 0 Å². The molecule has 2 aromatic rings. The number of para-hydroxylation sites is 1. The summed E-state index contributed by atoms with van der Waals surface area (Å²) in [5.41, 5.74) is 0.457. The van der Waals surface area contributed by atoms with Crippen molar-refractivity contribution in [2.24, 2.45) is 11.0 Å². The predicted molar refractivity (Wildman–Crippen MR) is 88.1 cm³/mol. The second-order valence-corrected chi connectivity index (χ2v) is 5.50. The molecule has 2 heterocycles. The molecular weight excluding hydrogens is 328 g/mol. The SMILES string of the molecule is COC(=O)[C@H]1C(c2cc(=O)oc3ccccc23)=NN(C)[C@@H]1C(=O)OC. The molecule has 0 spiro atoms. The Bertz CT molecular complexity index is 932. The molecule has 1 aromatic heterocycles. The van der Waals surface area contributed by atoms with E-state index in [9.17, 15) is 14.4 Å². The molecule has 0 saturated heterocycles. The Morgan fingerprint density at radius 1 is 1.16 bits per heavy atom. The monoisotopic (exact) mass is 344 g/mol. The molecule has 0 amide bonds. The average Bonchev–Trinajstić information content (AvgIpc) is 2.96. The number of carbonyl (C=O) groups is 2. The van der Waals surface area contributed by atoms with E-state index in [4.69, 9.17) is 13.9 Å². The number of hydrogen-bond donors (Lipinski definition) is 0. The Morgan fingerprint density at radius 3 is 2.52 bits per heavy atom. The largest absolute Gasteiger partial charge is 0.468 e. The molecule has 25 heavy (non-hydrogen) atoms. The highest BCUT2D eigenvalue weighted by atomic mass is 16.5. The number of methoxy groups -OCH3 is 2. The molecule has 8 heteroatoms. The van der Waals surface area contributed by atoms with Crippen molar-refractivity contribution in [3.8, 4) is 0 Å².